The molecule has 0 amide bonds. The van der Waals surface area contributed by atoms with Gasteiger partial charge in [-0.05, 0) is 25.3 Å². The van der Waals surface area contributed by atoms with Crippen molar-refractivity contribution in [1.29, 1.82) is 0 Å². The van der Waals surface area contributed by atoms with Gasteiger partial charge in [0.05, 0.1) is 11.2 Å². The van der Waals surface area contributed by atoms with E-state index in [-0.39, 0.29) is 5.56 Å². The molecule has 3 rings (SSSR count). The highest BCUT2D eigenvalue weighted by Gasteiger charge is 2.22. The molecule has 0 bridgehead atoms. The number of nitrogen functional groups attached to an aromatic ring is 1. The summed E-state index contributed by atoms with van der Waals surface area (Å²) < 4.78 is 1.31. The van der Waals surface area contributed by atoms with E-state index in [1.807, 2.05) is 18.2 Å². The molecule has 1 aliphatic rings. The Hall–Kier alpha value is -1.97. The molecular weight excluding hydrogens is 250 g/mol. The highest BCUT2D eigenvalue weighted by Crippen LogP contribution is 2.31. The number of aromatic nitrogens is 1. The third kappa shape index (κ3) is 1.96. The first-order chi connectivity index (χ1) is 9.74. The molecule has 4 nitrogen and oxygen atoms in total. The number of hydrogen-bond donors (Lipinski definition) is 1. The molecule has 2 aromatic rings. The van der Waals surface area contributed by atoms with Crippen molar-refractivity contribution in [1.82, 2.24) is 4.68 Å². The smallest absolute Gasteiger partial charge is 0.274 e. The number of para-hydroxylation sites is 1. The van der Waals surface area contributed by atoms with Gasteiger partial charge in [-0.2, -0.15) is 0 Å². The van der Waals surface area contributed by atoms with Crippen molar-refractivity contribution in [2.24, 2.45) is 0 Å². The quantitative estimate of drug-likeness (QED) is 0.871. The zero-order chi connectivity index (χ0) is 14.1. The average molecular weight is 271 g/mol. The molecule has 0 radical (unpaired) electrons. The lowest BCUT2D eigenvalue weighted by atomic mass is 10.0. The van der Waals surface area contributed by atoms with Gasteiger partial charge in [-0.3, -0.25) is 4.79 Å². The monoisotopic (exact) mass is 271 g/mol. The van der Waals surface area contributed by atoms with Crippen molar-refractivity contribution >= 4 is 16.6 Å². The third-order valence-electron chi connectivity index (χ3n) is 4.10. The molecular formula is C16H21N3O. The molecule has 0 spiro atoms. The zero-order valence-corrected chi connectivity index (χ0v) is 11.9. The normalized spacial score (nSPS) is 15.2. The third-order valence-corrected chi connectivity index (χ3v) is 4.10. The van der Waals surface area contributed by atoms with Gasteiger partial charge >= 0.3 is 0 Å². The number of nitrogens with two attached hydrogens (primary N) is 1. The van der Waals surface area contributed by atoms with Crippen LogP contribution < -0.4 is 16.3 Å². The molecule has 0 aliphatic carbocycles. The molecule has 1 fully saturated rings. The molecule has 0 unspecified atom stereocenters. The molecule has 0 saturated carbocycles. The molecule has 1 aromatic heterocycles. The van der Waals surface area contributed by atoms with Gasteiger partial charge in [-0.1, -0.05) is 31.5 Å². The van der Waals surface area contributed by atoms with Crippen LogP contribution in [0.3, 0.4) is 0 Å². The Morgan fingerprint density at radius 1 is 1.20 bits per heavy atom. The van der Waals surface area contributed by atoms with Crippen LogP contribution in [-0.4, -0.2) is 17.8 Å². The minimum absolute atomic E-state index is 0.0487. The van der Waals surface area contributed by atoms with E-state index in [4.69, 9.17) is 5.84 Å². The van der Waals surface area contributed by atoms with Crippen molar-refractivity contribution in [2.45, 2.75) is 32.6 Å². The van der Waals surface area contributed by atoms with E-state index < -0.39 is 0 Å². The lowest BCUT2D eigenvalue weighted by molar-refractivity contribution is 0.851. The van der Waals surface area contributed by atoms with E-state index in [1.165, 1.54) is 17.5 Å². The van der Waals surface area contributed by atoms with E-state index in [0.717, 1.165) is 48.1 Å². The van der Waals surface area contributed by atoms with Crippen LogP contribution in [0.15, 0.2) is 29.1 Å². The van der Waals surface area contributed by atoms with Gasteiger partial charge in [0.25, 0.3) is 5.56 Å². The zero-order valence-electron chi connectivity index (χ0n) is 11.9. The van der Waals surface area contributed by atoms with Gasteiger partial charge in [0, 0.05) is 24.0 Å². The standard InChI is InChI=1S/C16H21N3O/c1-2-7-13-15(18-10-5-6-11-18)12-8-3-4-9-14(12)19(17)16(13)20/h3-4,8-9H,2,5-7,10-11,17H2,1H3. The maximum Gasteiger partial charge on any atom is 0.274 e. The molecule has 1 aromatic carbocycles. The second kappa shape index (κ2) is 5.19. The number of benzene rings is 1. The van der Waals surface area contributed by atoms with Crippen molar-refractivity contribution in [2.75, 3.05) is 23.8 Å². The fourth-order valence-electron chi connectivity index (χ4n) is 3.18. The van der Waals surface area contributed by atoms with E-state index in [0.29, 0.717) is 0 Å². The van der Waals surface area contributed by atoms with Gasteiger partial charge in [0.1, 0.15) is 0 Å². The minimum Gasteiger partial charge on any atom is -0.371 e. The Morgan fingerprint density at radius 2 is 1.90 bits per heavy atom. The Kier molecular flexibility index (Phi) is 3.38. The summed E-state index contributed by atoms with van der Waals surface area (Å²) in [5.41, 5.74) is 2.76. The van der Waals surface area contributed by atoms with Gasteiger partial charge in [0.15, 0.2) is 0 Å². The van der Waals surface area contributed by atoms with Crippen molar-refractivity contribution < 1.29 is 0 Å². The van der Waals surface area contributed by atoms with Crippen LogP contribution in [0.25, 0.3) is 10.9 Å². The fraction of sp³-hybridized carbons (Fsp3) is 0.438. The summed E-state index contributed by atoms with van der Waals surface area (Å²) in [7, 11) is 0. The average Bonchev–Trinajstić information content (AvgIpc) is 2.99. The van der Waals surface area contributed by atoms with E-state index in [2.05, 4.69) is 17.9 Å². The van der Waals surface area contributed by atoms with Crippen LogP contribution in [0.2, 0.25) is 0 Å². The first-order valence-corrected chi connectivity index (χ1v) is 7.40. The van der Waals surface area contributed by atoms with Crippen LogP contribution in [0, 0.1) is 0 Å². The predicted octanol–water partition coefficient (Wildman–Crippen LogP) is 2.27. The summed E-state index contributed by atoms with van der Waals surface area (Å²) in [6.45, 7) is 4.17. The topological polar surface area (TPSA) is 51.3 Å². The summed E-state index contributed by atoms with van der Waals surface area (Å²) in [5.74, 6) is 6.00. The van der Waals surface area contributed by atoms with E-state index >= 15 is 0 Å². The molecule has 2 heterocycles. The lowest BCUT2D eigenvalue weighted by Gasteiger charge is -2.24. The Balaban J connectivity index is 2.35. The van der Waals surface area contributed by atoms with Crippen LogP contribution in [0.4, 0.5) is 5.69 Å². The largest absolute Gasteiger partial charge is 0.371 e. The SMILES string of the molecule is CCCc1c(N2CCCC2)c2ccccc2n(N)c1=O. The first kappa shape index (κ1) is 13.0. The van der Waals surface area contributed by atoms with Gasteiger partial charge < -0.3 is 10.7 Å². The summed E-state index contributed by atoms with van der Waals surface area (Å²) in [6, 6.07) is 7.94. The summed E-state index contributed by atoms with van der Waals surface area (Å²) in [6.07, 6.45) is 4.14. The number of hydrogen-bond acceptors (Lipinski definition) is 3. The first-order valence-electron chi connectivity index (χ1n) is 7.40. The van der Waals surface area contributed by atoms with Gasteiger partial charge in [-0.25, -0.2) is 4.68 Å². The maximum absolute atomic E-state index is 12.6. The summed E-state index contributed by atoms with van der Waals surface area (Å²) in [5, 5.41) is 1.10. The highest BCUT2D eigenvalue weighted by molar-refractivity contribution is 5.94. The van der Waals surface area contributed by atoms with Gasteiger partial charge in [-0.15, -0.1) is 0 Å². The predicted molar refractivity (Wildman–Crippen MR) is 83.8 cm³/mol. The molecule has 4 heteroatoms. The molecule has 20 heavy (non-hydrogen) atoms. The van der Waals surface area contributed by atoms with Crippen molar-refractivity contribution in [3.63, 3.8) is 0 Å². The summed E-state index contributed by atoms with van der Waals surface area (Å²) >= 11 is 0. The van der Waals surface area contributed by atoms with Crippen molar-refractivity contribution in [3.8, 4) is 0 Å². The lowest BCUT2D eigenvalue weighted by Crippen LogP contribution is -2.33. The molecule has 0 atom stereocenters. The molecule has 106 valence electrons. The maximum atomic E-state index is 12.6. The molecule has 2 N–H and O–H groups in total. The van der Waals surface area contributed by atoms with Crippen LogP contribution in [-0.2, 0) is 6.42 Å². The van der Waals surface area contributed by atoms with E-state index in [1.54, 1.807) is 0 Å². The fourth-order valence-corrected chi connectivity index (χ4v) is 3.18. The molecule has 1 saturated heterocycles. The van der Waals surface area contributed by atoms with Crippen LogP contribution in [0.1, 0.15) is 31.7 Å². The number of nitrogens with zero attached hydrogens (tertiary/aromatic N) is 2. The number of fused-ring (bicyclic) bond motifs is 1. The second-order valence-electron chi connectivity index (χ2n) is 5.46. The van der Waals surface area contributed by atoms with E-state index in [9.17, 15) is 4.79 Å². The Bertz CT molecular complexity index is 684. The Labute approximate surface area is 118 Å². The Morgan fingerprint density at radius 3 is 2.60 bits per heavy atom. The molecule has 1 aliphatic heterocycles. The summed E-state index contributed by atoms with van der Waals surface area (Å²) in [4.78, 5) is 14.9. The van der Waals surface area contributed by atoms with Gasteiger partial charge in [0.2, 0.25) is 0 Å². The van der Waals surface area contributed by atoms with Crippen molar-refractivity contribution in [3.05, 3.63) is 40.2 Å². The van der Waals surface area contributed by atoms with Crippen LogP contribution >= 0.6 is 0 Å². The number of pyridine rings is 1. The highest BCUT2D eigenvalue weighted by atomic mass is 16.1. The number of anilines is 1. The second-order valence-corrected chi connectivity index (χ2v) is 5.46. The number of rotatable bonds is 3. The van der Waals surface area contributed by atoms with Crippen LogP contribution in [0.5, 0.6) is 0 Å². The minimum atomic E-state index is -0.0487.